The predicted molar refractivity (Wildman–Crippen MR) is 77.2 cm³/mol. The molecular weight excluding hydrogens is 287 g/mol. The first-order valence-corrected chi connectivity index (χ1v) is 6.58. The highest BCUT2D eigenvalue weighted by molar-refractivity contribution is 5.99. The van der Waals surface area contributed by atoms with E-state index in [1.165, 1.54) is 18.2 Å². The Labute approximate surface area is 125 Å². The lowest BCUT2D eigenvalue weighted by Crippen LogP contribution is -2.14. The van der Waals surface area contributed by atoms with Gasteiger partial charge in [-0.1, -0.05) is 30.3 Å². The predicted octanol–water partition coefficient (Wildman–Crippen LogP) is 3.61. The number of hydrogen-bond acceptors (Lipinski definition) is 4. The van der Waals surface area contributed by atoms with E-state index in [9.17, 15) is 14.0 Å². The lowest BCUT2D eigenvalue weighted by molar-refractivity contribution is 0.0446. The largest absolute Gasteiger partial charge is 0.451 e. The average Bonchev–Trinajstić information content (AvgIpc) is 2.96. The molecule has 5 heteroatoms. The van der Waals surface area contributed by atoms with Crippen molar-refractivity contribution in [1.82, 2.24) is 0 Å². The van der Waals surface area contributed by atoms with E-state index in [0.717, 1.165) is 11.5 Å². The van der Waals surface area contributed by atoms with Gasteiger partial charge >= 0.3 is 5.97 Å². The summed E-state index contributed by atoms with van der Waals surface area (Å²) in [5, 5.41) is 0.769. The molecule has 0 amide bonds. The standard InChI is InChI=1S/C17H11FO4/c18-13-6-3-5-11(8-13)14(19)10-21-17(20)16-9-12-4-1-2-7-15(12)22-16/h1-9H,10H2. The number of benzene rings is 2. The van der Waals surface area contributed by atoms with Crippen molar-refractivity contribution in [2.24, 2.45) is 0 Å². The molecule has 2 aromatic carbocycles. The van der Waals surface area contributed by atoms with Crippen LogP contribution in [-0.2, 0) is 4.74 Å². The molecular formula is C17H11FO4. The molecule has 4 nitrogen and oxygen atoms in total. The average molecular weight is 298 g/mol. The third-order valence-electron chi connectivity index (χ3n) is 3.11. The second-order valence-corrected chi connectivity index (χ2v) is 4.66. The summed E-state index contributed by atoms with van der Waals surface area (Å²) in [6.45, 7) is -0.473. The van der Waals surface area contributed by atoms with E-state index in [1.807, 2.05) is 6.07 Å². The zero-order chi connectivity index (χ0) is 15.5. The van der Waals surface area contributed by atoms with Crippen molar-refractivity contribution in [3.63, 3.8) is 0 Å². The van der Waals surface area contributed by atoms with Gasteiger partial charge in [0.15, 0.2) is 12.4 Å². The van der Waals surface area contributed by atoms with Crippen LogP contribution in [0.4, 0.5) is 4.39 Å². The molecule has 3 aromatic rings. The molecule has 1 heterocycles. The molecule has 1 aromatic heterocycles. The van der Waals surface area contributed by atoms with Crippen molar-refractivity contribution >= 4 is 22.7 Å². The smallest absolute Gasteiger partial charge is 0.374 e. The molecule has 0 atom stereocenters. The molecule has 0 aliphatic heterocycles. The number of fused-ring (bicyclic) bond motifs is 1. The maximum atomic E-state index is 13.0. The number of furan rings is 1. The highest BCUT2D eigenvalue weighted by Crippen LogP contribution is 2.19. The fraction of sp³-hybridized carbons (Fsp3) is 0.0588. The van der Waals surface area contributed by atoms with E-state index in [1.54, 1.807) is 24.3 Å². The van der Waals surface area contributed by atoms with Crippen LogP contribution in [0.25, 0.3) is 11.0 Å². The summed E-state index contributed by atoms with van der Waals surface area (Å²) in [5.74, 6) is -1.72. The highest BCUT2D eigenvalue weighted by atomic mass is 19.1. The van der Waals surface area contributed by atoms with E-state index >= 15 is 0 Å². The molecule has 0 saturated heterocycles. The lowest BCUT2D eigenvalue weighted by Gasteiger charge is -2.02. The monoisotopic (exact) mass is 298 g/mol. The molecule has 0 saturated carbocycles. The van der Waals surface area contributed by atoms with Gasteiger partial charge in [-0.15, -0.1) is 0 Å². The number of carbonyl (C=O) groups is 2. The van der Waals surface area contributed by atoms with Gasteiger partial charge in [0.25, 0.3) is 0 Å². The summed E-state index contributed by atoms with van der Waals surface area (Å²) in [7, 11) is 0. The van der Waals surface area contributed by atoms with Crippen LogP contribution in [0.5, 0.6) is 0 Å². The molecule has 0 aliphatic rings. The Kier molecular flexibility index (Phi) is 3.70. The fourth-order valence-corrected chi connectivity index (χ4v) is 2.03. The zero-order valence-electron chi connectivity index (χ0n) is 11.4. The van der Waals surface area contributed by atoms with Gasteiger partial charge in [-0.05, 0) is 24.3 Å². The van der Waals surface area contributed by atoms with Crippen LogP contribution in [0.15, 0.2) is 59.0 Å². The topological polar surface area (TPSA) is 56.5 Å². The quantitative estimate of drug-likeness (QED) is 0.545. The molecule has 0 fully saturated rings. The summed E-state index contributed by atoms with van der Waals surface area (Å²) < 4.78 is 23.3. The number of halogens is 1. The van der Waals surface area contributed by atoms with Crippen molar-refractivity contribution in [1.29, 1.82) is 0 Å². The summed E-state index contributed by atoms with van der Waals surface area (Å²) in [5.41, 5.74) is 0.711. The van der Waals surface area contributed by atoms with Crippen molar-refractivity contribution in [3.05, 3.63) is 71.7 Å². The van der Waals surface area contributed by atoms with Gasteiger partial charge in [0, 0.05) is 10.9 Å². The third-order valence-corrected chi connectivity index (χ3v) is 3.11. The Balaban J connectivity index is 1.68. The molecule has 0 N–H and O–H groups in total. The van der Waals surface area contributed by atoms with E-state index in [0.29, 0.717) is 5.58 Å². The van der Waals surface area contributed by atoms with Crippen molar-refractivity contribution in [3.8, 4) is 0 Å². The Morgan fingerprint density at radius 2 is 1.86 bits per heavy atom. The Hall–Kier alpha value is -2.95. The number of rotatable bonds is 4. The molecule has 110 valence electrons. The first-order chi connectivity index (χ1) is 10.6. The SMILES string of the molecule is O=C(COC(=O)c1cc2ccccc2o1)c1cccc(F)c1. The van der Waals surface area contributed by atoms with Gasteiger partial charge in [0.1, 0.15) is 11.4 Å². The number of esters is 1. The lowest BCUT2D eigenvalue weighted by atomic mass is 10.1. The molecule has 0 aliphatic carbocycles. The number of ketones is 1. The highest BCUT2D eigenvalue weighted by Gasteiger charge is 2.16. The van der Waals surface area contributed by atoms with Crippen LogP contribution in [0, 0.1) is 5.82 Å². The van der Waals surface area contributed by atoms with Crippen LogP contribution >= 0.6 is 0 Å². The third kappa shape index (κ3) is 2.88. The Morgan fingerprint density at radius 3 is 2.64 bits per heavy atom. The van der Waals surface area contributed by atoms with E-state index in [-0.39, 0.29) is 11.3 Å². The van der Waals surface area contributed by atoms with Gasteiger partial charge in [-0.25, -0.2) is 9.18 Å². The van der Waals surface area contributed by atoms with E-state index in [4.69, 9.17) is 9.15 Å². The van der Waals surface area contributed by atoms with Crippen LogP contribution in [-0.4, -0.2) is 18.4 Å². The summed E-state index contributed by atoms with van der Waals surface area (Å²) in [6.07, 6.45) is 0. The van der Waals surface area contributed by atoms with Crippen LogP contribution in [0.1, 0.15) is 20.9 Å². The van der Waals surface area contributed by atoms with Crippen LogP contribution < -0.4 is 0 Å². The minimum Gasteiger partial charge on any atom is -0.451 e. The van der Waals surface area contributed by atoms with Crippen LogP contribution in [0.3, 0.4) is 0 Å². The molecule has 3 rings (SSSR count). The number of Topliss-reactive ketones (excluding diaryl/α,β-unsaturated/α-hetero) is 1. The first kappa shape index (κ1) is 14.0. The summed E-state index contributed by atoms with van der Waals surface area (Å²) in [6, 6.07) is 13.9. The minimum atomic E-state index is -0.735. The molecule has 0 spiro atoms. The second-order valence-electron chi connectivity index (χ2n) is 4.66. The maximum absolute atomic E-state index is 13.0. The van der Waals surface area contributed by atoms with Gasteiger partial charge in [0.2, 0.25) is 5.76 Å². The van der Waals surface area contributed by atoms with E-state index < -0.39 is 24.2 Å². The van der Waals surface area contributed by atoms with Gasteiger partial charge in [-0.3, -0.25) is 4.79 Å². The van der Waals surface area contributed by atoms with Gasteiger partial charge < -0.3 is 9.15 Å². The van der Waals surface area contributed by atoms with Gasteiger partial charge in [0.05, 0.1) is 0 Å². The number of hydrogen-bond donors (Lipinski definition) is 0. The molecule has 0 bridgehead atoms. The number of para-hydroxylation sites is 1. The summed E-state index contributed by atoms with van der Waals surface area (Å²) >= 11 is 0. The summed E-state index contributed by atoms with van der Waals surface area (Å²) in [4.78, 5) is 23.7. The van der Waals surface area contributed by atoms with Crippen molar-refractivity contribution < 1.29 is 23.1 Å². The second kappa shape index (κ2) is 5.81. The van der Waals surface area contributed by atoms with E-state index in [2.05, 4.69) is 0 Å². The van der Waals surface area contributed by atoms with Crippen molar-refractivity contribution in [2.45, 2.75) is 0 Å². The Morgan fingerprint density at radius 1 is 1.05 bits per heavy atom. The van der Waals surface area contributed by atoms with Gasteiger partial charge in [-0.2, -0.15) is 0 Å². The van der Waals surface area contributed by atoms with Crippen molar-refractivity contribution in [2.75, 3.05) is 6.61 Å². The number of carbonyl (C=O) groups excluding carboxylic acids is 2. The maximum Gasteiger partial charge on any atom is 0.374 e. The molecule has 0 radical (unpaired) electrons. The molecule has 22 heavy (non-hydrogen) atoms. The normalized spacial score (nSPS) is 10.6. The number of ether oxygens (including phenoxy) is 1. The Bertz CT molecular complexity index is 817. The minimum absolute atomic E-state index is 0.0215. The first-order valence-electron chi connectivity index (χ1n) is 6.58. The molecule has 0 unspecified atom stereocenters. The van der Waals surface area contributed by atoms with Crippen LogP contribution in [0.2, 0.25) is 0 Å². The zero-order valence-corrected chi connectivity index (χ0v) is 11.4. The fourth-order valence-electron chi connectivity index (χ4n) is 2.03.